The molecular formula is C24H36IN5O. The predicted molar refractivity (Wildman–Crippen MR) is 140 cm³/mol. The fraction of sp³-hybridized carbons (Fsp3) is 0.417. The molecule has 1 atom stereocenters. The minimum Gasteiger partial charge on any atom is -0.356 e. The zero-order chi connectivity index (χ0) is 21.8. The zero-order valence-corrected chi connectivity index (χ0v) is 21.4. The molecule has 6 nitrogen and oxygen atoms in total. The third-order valence-electron chi connectivity index (χ3n) is 5.23. The molecule has 0 aromatic heterocycles. The van der Waals surface area contributed by atoms with Crippen molar-refractivity contribution < 1.29 is 4.79 Å². The number of rotatable bonds is 10. The van der Waals surface area contributed by atoms with E-state index in [0.29, 0.717) is 11.6 Å². The molecule has 1 unspecified atom stereocenters. The summed E-state index contributed by atoms with van der Waals surface area (Å²) in [5.74, 6) is 0.740. The van der Waals surface area contributed by atoms with Crippen molar-refractivity contribution in [1.29, 1.82) is 0 Å². The Kier molecular flexibility index (Phi) is 12.8. The van der Waals surface area contributed by atoms with Crippen molar-refractivity contribution in [2.75, 3.05) is 34.2 Å². The molecule has 2 rings (SSSR count). The highest BCUT2D eigenvalue weighted by atomic mass is 127. The van der Waals surface area contributed by atoms with Crippen molar-refractivity contribution in [3.8, 4) is 0 Å². The molecule has 2 aromatic carbocycles. The minimum absolute atomic E-state index is 0. The van der Waals surface area contributed by atoms with E-state index in [9.17, 15) is 4.79 Å². The molecule has 0 aliphatic rings. The van der Waals surface area contributed by atoms with E-state index in [0.717, 1.165) is 44.0 Å². The van der Waals surface area contributed by atoms with Crippen LogP contribution in [-0.2, 0) is 13.0 Å². The Morgan fingerprint density at radius 1 is 1.03 bits per heavy atom. The molecule has 0 fully saturated rings. The Bertz CT molecular complexity index is 813. The molecule has 0 saturated carbocycles. The largest absolute Gasteiger partial charge is 0.356 e. The van der Waals surface area contributed by atoms with Crippen molar-refractivity contribution in [3.63, 3.8) is 0 Å². The van der Waals surface area contributed by atoms with E-state index in [1.54, 1.807) is 14.1 Å². The maximum atomic E-state index is 11.8. The maximum absolute atomic E-state index is 11.8. The fourth-order valence-electron chi connectivity index (χ4n) is 3.21. The summed E-state index contributed by atoms with van der Waals surface area (Å²) in [6.45, 7) is 4.80. The van der Waals surface area contributed by atoms with Crippen LogP contribution in [-0.4, -0.2) is 57.0 Å². The van der Waals surface area contributed by atoms with Crippen molar-refractivity contribution in [2.24, 2.45) is 4.99 Å². The lowest BCUT2D eigenvalue weighted by Gasteiger charge is -2.25. The summed E-state index contributed by atoms with van der Waals surface area (Å²) < 4.78 is 0. The quantitative estimate of drug-likeness (QED) is 0.247. The van der Waals surface area contributed by atoms with Gasteiger partial charge in [0, 0.05) is 45.3 Å². The van der Waals surface area contributed by atoms with Crippen LogP contribution in [0.15, 0.2) is 59.6 Å². The van der Waals surface area contributed by atoms with Gasteiger partial charge in [0.25, 0.3) is 5.91 Å². The number of carbonyl (C=O) groups excluding carboxylic acids is 1. The van der Waals surface area contributed by atoms with E-state index in [4.69, 9.17) is 0 Å². The molecule has 0 saturated heterocycles. The van der Waals surface area contributed by atoms with Crippen LogP contribution in [0.2, 0.25) is 0 Å². The van der Waals surface area contributed by atoms with Gasteiger partial charge in [0.15, 0.2) is 5.96 Å². The lowest BCUT2D eigenvalue weighted by molar-refractivity contribution is 0.0963. The summed E-state index contributed by atoms with van der Waals surface area (Å²) >= 11 is 0. The van der Waals surface area contributed by atoms with E-state index < -0.39 is 0 Å². The van der Waals surface area contributed by atoms with E-state index >= 15 is 0 Å². The summed E-state index contributed by atoms with van der Waals surface area (Å²) in [5.41, 5.74) is 3.14. The van der Waals surface area contributed by atoms with Gasteiger partial charge in [0.1, 0.15) is 0 Å². The SMILES string of the molecule is CN=C(NCCc1cccc(C(=O)NC)c1)NCCC(C)N(C)Cc1ccccc1.I. The molecule has 0 aliphatic carbocycles. The molecule has 0 aliphatic heterocycles. The van der Waals surface area contributed by atoms with Gasteiger partial charge >= 0.3 is 0 Å². The molecule has 0 bridgehead atoms. The molecule has 0 heterocycles. The van der Waals surface area contributed by atoms with Crippen LogP contribution >= 0.6 is 24.0 Å². The van der Waals surface area contributed by atoms with Crippen LogP contribution < -0.4 is 16.0 Å². The molecule has 31 heavy (non-hydrogen) atoms. The summed E-state index contributed by atoms with van der Waals surface area (Å²) in [6, 6.07) is 18.7. The molecule has 0 radical (unpaired) electrons. The monoisotopic (exact) mass is 537 g/mol. The van der Waals surface area contributed by atoms with Gasteiger partial charge < -0.3 is 16.0 Å². The number of aliphatic imine (C=N–C) groups is 1. The Balaban J connectivity index is 0.00000480. The molecule has 3 N–H and O–H groups in total. The molecule has 1 amide bonds. The Labute approximate surface area is 203 Å². The zero-order valence-electron chi connectivity index (χ0n) is 19.0. The fourth-order valence-corrected chi connectivity index (χ4v) is 3.21. The van der Waals surface area contributed by atoms with E-state index in [2.05, 4.69) is 64.1 Å². The number of carbonyl (C=O) groups is 1. The second-order valence-electron chi connectivity index (χ2n) is 7.49. The summed E-state index contributed by atoms with van der Waals surface area (Å²) in [5, 5.41) is 9.40. The first-order chi connectivity index (χ1) is 14.5. The number of nitrogens with zero attached hydrogens (tertiary/aromatic N) is 2. The van der Waals surface area contributed by atoms with E-state index in [1.807, 2.05) is 30.3 Å². The van der Waals surface area contributed by atoms with Gasteiger partial charge in [-0.3, -0.25) is 14.7 Å². The highest BCUT2D eigenvalue weighted by Gasteiger charge is 2.10. The van der Waals surface area contributed by atoms with Crippen molar-refractivity contribution in [3.05, 3.63) is 71.3 Å². The second-order valence-corrected chi connectivity index (χ2v) is 7.49. The van der Waals surface area contributed by atoms with Gasteiger partial charge in [0.2, 0.25) is 0 Å². The molecule has 7 heteroatoms. The summed E-state index contributed by atoms with van der Waals surface area (Å²) in [6.07, 6.45) is 1.85. The van der Waals surface area contributed by atoms with Crippen LogP contribution in [0.3, 0.4) is 0 Å². The van der Waals surface area contributed by atoms with Crippen molar-refractivity contribution in [1.82, 2.24) is 20.9 Å². The molecular weight excluding hydrogens is 501 g/mol. The maximum Gasteiger partial charge on any atom is 0.251 e. The highest BCUT2D eigenvalue weighted by molar-refractivity contribution is 14.0. The van der Waals surface area contributed by atoms with Gasteiger partial charge in [-0.2, -0.15) is 0 Å². The number of benzene rings is 2. The van der Waals surface area contributed by atoms with Crippen LogP contribution in [0, 0.1) is 0 Å². The number of guanidine groups is 1. The first-order valence-electron chi connectivity index (χ1n) is 10.5. The lowest BCUT2D eigenvalue weighted by atomic mass is 10.1. The predicted octanol–water partition coefficient (Wildman–Crippen LogP) is 3.28. The molecule has 170 valence electrons. The van der Waals surface area contributed by atoms with Gasteiger partial charge in [-0.25, -0.2) is 0 Å². The first kappa shape index (κ1) is 26.9. The third-order valence-corrected chi connectivity index (χ3v) is 5.23. The Morgan fingerprint density at radius 3 is 2.39 bits per heavy atom. The smallest absolute Gasteiger partial charge is 0.251 e. The van der Waals surface area contributed by atoms with Gasteiger partial charge in [0.05, 0.1) is 0 Å². The topological polar surface area (TPSA) is 68.8 Å². The van der Waals surface area contributed by atoms with Crippen LogP contribution in [0.5, 0.6) is 0 Å². The minimum atomic E-state index is -0.0614. The Morgan fingerprint density at radius 2 is 1.71 bits per heavy atom. The summed E-state index contributed by atoms with van der Waals surface area (Å²) in [4.78, 5) is 18.4. The lowest BCUT2D eigenvalue weighted by Crippen LogP contribution is -2.40. The average molecular weight is 537 g/mol. The first-order valence-corrected chi connectivity index (χ1v) is 10.5. The van der Waals surface area contributed by atoms with Crippen LogP contribution in [0.1, 0.15) is 34.8 Å². The number of hydrogen-bond donors (Lipinski definition) is 3. The summed E-state index contributed by atoms with van der Waals surface area (Å²) in [7, 11) is 5.59. The van der Waals surface area contributed by atoms with Crippen molar-refractivity contribution in [2.45, 2.75) is 32.4 Å². The Hall–Kier alpha value is -2.13. The van der Waals surface area contributed by atoms with E-state index in [1.165, 1.54) is 5.56 Å². The number of nitrogens with one attached hydrogen (secondary N) is 3. The highest BCUT2D eigenvalue weighted by Crippen LogP contribution is 2.08. The second kappa shape index (κ2) is 14.8. The van der Waals surface area contributed by atoms with E-state index in [-0.39, 0.29) is 29.9 Å². The van der Waals surface area contributed by atoms with Gasteiger partial charge in [-0.15, -0.1) is 24.0 Å². The number of hydrogen-bond acceptors (Lipinski definition) is 3. The van der Waals surface area contributed by atoms with Crippen molar-refractivity contribution >= 4 is 35.8 Å². The normalized spacial score (nSPS) is 12.1. The molecule has 2 aromatic rings. The third kappa shape index (κ3) is 9.69. The number of halogens is 1. The standard InChI is InChI=1S/C24H35N5O.HI/c1-19(29(4)18-21-9-6-5-7-10-21)13-15-27-24(26-3)28-16-14-20-11-8-12-22(17-20)23(30)25-2;/h5-12,17,19H,13-16,18H2,1-4H3,(H,25,30)(H2,26,27,28);1H. The molecule has 0 spiro atoms. The van der Waals surface area contributed by atoms with Crippen LogP contribution in [0.4, 0.5) is 0 Å². The van der Waals surface area contributed by atoms with Gasteiger partial charge in [-0.05, 0) is 50.1 Å². The van der Waals surface area contributed by atoms with Crippen LogP contribution in [0.25, 0.3) is 0 Å². The number of amides is 1. The average Bonchev–Trinajstić information content (AvgIpc) is 2.78. The van der Waals surface area contributed by atoms with Gasteiger partial charge in [-0.1, -0.05) is 42.5 Å².